The van der Waals surface area contributed by atoms with E-state index in [-0.39, 0.29) is 0 Å². The van der Waals surface area contributed by atoms with Crippen LogP contribution in [0.1, 0.15) is 0 Å². The molecular weight excluding hydrogens is 753 g/mol. The van der Waals surface area contributed by atoms with E-state index in [9.17, 15) is 0 Å². The fourth-order valence-corrected chi connectivity index (χ4v) is 9.33. The van der Waals surface area contributed by atoms with E-state index in [0.717, 1.165) is 67.3 Å². The normalized spacial score (nSPS) is 11.5. The first-order valence-electron chi connectivity index (χ1n) is 21.1. The lowest BCUT2D eigenvalue weighted by atomic mass is 9.84. The number of hydrogen-bond acceptors (Lipinski definition) is 2. The lowest BCUT2D eigenvalue weighted by Gasteiger charge is -2.20. The van der Waals surface area contributed by atoms with E-state index in [0.29, 0.717) is 0 Å². The average Bonchev–Trinajstić information content (AvgIpc) is 3.94. The van der Waals surface area contributed by atoms with Crippen LogP contribution in [0.25, 0.3) is 111 Å². The molecule has 62 heavy (non-hydrogen) atoms. The number of benzene rings is 10. The Morgan fingerprint density at radius 2 is 0.661 bits per heavy atom. The second kappa shape index (κ2) is 14.7. The van der Waals surface area contributed by atoms with E-state index in [1.54, 1.807) is 0 Å². The first-order valence-corrected chi connectivity index (χ1v) is 21.1. The van der Waals surface area contributed by atoms with Gasteiger partial charge in [-0.05, 0) is 110 Å². The van der Waals surface area contributed by atoms with Gasteiger partial charge >= 0.3 is 0 Å². The third-order valence-electron chi connectivity index (χ3n) is 12.1. The number of hydrogen-bond donors (Lipinski definition) is 0. The predicted molar refractivity (Wildman–Crippen MR) is 258 cm³/mol. The van der Waals surface area contributed by atoms with Crippen LogP contribution in [0.3, 0.4) is 0 Å². The summed E-state index contributed by atoms with van der Waals surface area (Å²) in [5.74, 6) is 1.84. The summed E-state index contributed by atoms with van der Waals surface area (Å²) in [6.45, 7) is 0. The molecule has 0 bridgehead atoms. The van der Waals surface area contributed by atoms with Gasteiger partial charge in [0, 0.05) is 22.5 Å². The molecule has 0 N–H and O–H groups in total. The molecule has 0 fully saturated rings. The summed E-state index contributed by atoms with van der Waals surface area (Å²) in [5, 5.41) is 4.78. The molecule has 0 amide bonds. The first-order chi connectivity index (χ1) is 30.8. The van der Waals surface area contributed by atoms with Crippen molar-refractivity contribution in [3.05, 3.63) is 231 Å². The van der Waals surface area contributed by atoms with Gasteiger partial charge in [-0.1, -0.05) is 176 Å². The average molecular weight is 791 g/mol. The molecule has 0 saturated carbocycles. The lowest BCUT2D eigenvalue weighted by Crippen LogP contribution is -1.99. The molecule has 0 saturated heterocycles. The molecule has 0 radical (unpaired) electrons. The van der Waals surface area contributed by atoms with Gasteiger partial charge < -0.3 is 0 Å². The summed E-state index contributed by atoms with van der Waals surface area (Å²) in [4.78, 5) is 10.3. The minimum absolute atomic E-state index is 0.919. The van der Waals surface area contributed by atoms with Crippen LogP contribution in [0, 0.1) is 0 Å². The van der Waals surface area contributed by atoms with Crippen LogP contribution >= 0.6 is 0 Å². The van der Waals surface area contributed by atoms with Crippen molar-refractivity contribution in [2.75, 3.05) is 0 Å². The number of imidazole rings is 2. The molecule has 290 valence electrons. The van der Waals surface area contributed by atoms with Crippen LogP contribution in [-0.4, -0.2) is 19.1 Å². The molecule has 2 aromatic heterocycles. The van der Waals surface area contributed by atoms with Gasteiger partial charge in [-0.15, -0.1) is 0 Å². The molecule has 0 aliphatic rings. The Morgan fingerprint density at radius 1 is 0.258 bits per heavy atom. The highest BCUT2D eigenvalue weighted by atomic mass is 15.1. The van der Waals surface area contributed by atoms with Crippen molar-refractivity contribution in [1.82, 2.24) is 19.1 Å². The minimum Gasteiger partial charge on any atom is -0.292 e. The highest BCUT2D eigenvalue weighted by Crippen LogP contribution is 2.46. The Labute approximate surface area is 359 Å². The molecule has 12 aromatic rings. The standard InChI is InChI=1S/C58H38N4/c1-5-18-39(19-6-1)55-48-35-33-46(62-54-31-16-14-29-52(54)60-58(62)42-24-11-4-12-25-42)38-50(48)56(40-20-7-2-8-21-40)47-34-32-44(37-49(47)55)43-26-17-27-45(36-43)61-53-30-15-13-28-51(53)59-57(61)41-22-9-3-10-23-41/h1-38H. The zero-order chi connectivity index (χ0) is 41.0. The molecule has 2 heterocycles. The van der Waals surface area contributed by atoms with Gasteiger partial charge in [0.15, 0.2) is 0 Å². The van der Waals surface area contributed by atoms with E-state index in [1.807, 2.05) is 0 Å². The smallest absolute Gasteiger partial charge is 0.145 e. The quantitative estimate of drug-likeness (QED) is 0.151. The minimum atomic E-state index is 0.919. The molecule has 0 aliphatic carbocycles. The highest BCUT2D eigenvalue weighted by Gasteiger charge is 2.21. The third-order valence-corrected chi connectivity index (χ3v) is 12.1. The van der Waals surface area contributed by atoms with Crippen molar-refractivity contribution in [2.45, 2.75) is 0 Å². The highest BCUT2D eigenvalue weighted by molar-refractivity contribution is 6.22. The number of para-hydroxylation sites is 4. The van der Waals surface area contributed by atoms with Crippen LogP contribution in [0.4, 0.5) is 0 Å². The van der Waals surface area contributed by atoms with Crippen LogP contribution < -0.4 is 0 Å². The topological polar surface area (TPSA) is 35.6 Å². The SMILES string of the molecule is c1ccc(-c2c3ccc(-n4c(-c5ccccc5)nc5ccccc54)cc3c(-c3ccccc3)c3ccc(-c4cccc(-n5c(-c6ccccc6)nc6ccccc65)c4)cc23)cc1. The van der Waals surface area contributed by atoms with Gasteiger partial charge in [0.05, 0.1) is 22.1 Å². The van der Waals surface area contributed by atoms with Gasteiger partial charge in [0.25, 0.3) is 0 Å². The molecule has 4 nitrogen and oxygen atoms in total. The van der Waals surface area contributed by atoms with Crippen molar-refractivity contribution in [3.8, 4) is 67.5 Å². The zero-order valence-corrected chi connectivity index (χ0v) is 33.7. The summed E-state index contributed by atoms with van der Waals surface area (Å²) in [6, 6.07) is 82.4. The summed E-state index contributed by atoms with van der Waals surface area (Å²) >= 11 is 0. The maximum atomic E-state index is 5.19. The Hall–Kier alpha value is -8.34. The zero-order valence-electron chi connectivity index (χ0n) is 33.7. The largest absolute Gasteiger partial charge is 0.292 e. The summed E-state index contributed by atoms with van der Waals surface area (Å²) in [6.07, 6.45) is 0. The molecule has 12 rings (SSSR count). The second-order valence-electron chi connectivity index (χ2n) is 15.8. The predicted octanol–water partition coefficient (Wildman–Crippen LogP) is 15.0. The molecule has 4 heteroatoms. The van der Waals surface area contributed by atoms with Crippen LogP contribution in [-0.2, 0) is 0 Å². The maximum Gasteiger partial charge on any atom is 0.145 e. The van der Waals surface area contributed by atoms with E-state index < -0.39 is 0 Å². The molecule has 0 atom stereocenters. The van der Waals surface area contributed by atoms with Crippen molar-refractivity contribution in [2.24, 2.45) is 0 Å². The molecule has 0 spiro atoms. The Morgan fingerprint density at radius 3 is 1.19 bits per heavy atom. The number of aromatic nitrogens is 4. The fourth-order valence-electron chi connectivity index (χ4n) is 9.33. The fraction of sp³-hybridized carbons (Fsp3) is 0. The van der Waals surface area contributed by atoms with E-state index in [4.69, 9.17) is 9.97 Å². The molecule has 0 unspecified atom stereocenters. The van der Waals surface area contributed by atoms with Gasteiger partial charge in [-0.3, -0.25) is 9.13 Å². The van der Waals surface area contributed by atoms with Crippen LogP contribution in [0.15, 0.2) is 231 Å². The molecular formula is C58H38N4. The Kier molecular flexibility index (Phi) is 8.46. The second-order valence-corrected chi connectivity index (χ2v) is 15.8. The van der Waals surface area contributed by atoms with Crippen molar-refractivity contribution >= 4 is 43.6 Å². The van der Waals surface area contributed by atoms with Crippen molar-refractivity contribution in [3.63, 3.8) is 0 Å². The Balaban J connectivity index is 1.11. The summed E-state index contributed by atoms with van der Waals surface area (Å²) < 4.78 is 4.60. The summed E-state index contributed by atoms with van der Waals surface area (Å²) in [7, 11) is 0. The van der Waals surface area contributed by atoms with Crippen molar-refractivity contribution < 1.29 is 0 Å². The Bertz CT molecular complexity index is 3610. The number of fused-ring (bicyclic) bond motifs is 4. The van der Waals surface area contributed by atoms with E-state index in [2.05, 4.69) is 240 Å². The number of rotatable bonds is 7. The third kappa shape index (κ3) is 5.92. The number of nitrogens with zero attached hydrogens (tertiary/aromatic N) is 4. The van der Waals surface area contributed by atoms with Gasteiger partial charge in [0.2, 0.25) is 0 Å². The summed E-state index contributed by atoms with van der Waals surface area (Å²) in [5.41, 5.74) is 15.4. The van der Waals surface area contributed by atoms with E-state index in [1.165, 1.54) is 43.8 Å². The molecule has 10 aromatic carbocycles. The van der Waals surface area contributed by atoms with Gasteiger partial charge in [-0.2, -0.15) is 0 Å². The van der Waals surface area contributed by atoms with Crippen LogP contribution in [0.5, 0.6) is 0 Å². The van der Waals surface area contributed by atoms with Gasteiger partial charge in [-0.25, -0.2) is 9.97 Å². The van der Waals surface area contributed by atoms with E-state index >= 15 is 0 Å². The first kappa shape index (κ1) is 35.6. The molecule has 0 aliphatic heterocycles. The van der Waals surface area contributed by atoms with Crippen LogP contribution in [0.2, 0.25) is 0 Å². The van der Waals surface area contributed by atoms with Gasteiger partial charge in [0.1, 0.15) is 11.6 Å². The monoisotopic (exact) mass is 790 g/mol. The van der Waals surface area contributed by atoms with Crippen molar-refractivity contribution in [1.29, 1.82) is 0 Å². The maximum absolute atomic E-state index is 5.19. The lowest BCUT2D eigenvalue weighted by molar-refractivity contribution is 1.10.